The highest BCUT2D eigenvalue weighted by molar-refractivity contribution is 5.95. The van der Waals surface area contributed by atoms with E-state index in [2.05, 4.69) is 41.1 Å². The Morgan fingerprint density at radius 3 is 2.46 bits per heavy atom. The smallest absolute Gasteiger partial charge is 0.255 e. The molecule has 1 aliphatic rings. The molecule has 0 radical (unpaired) electrons. The van der Waals surface area contributed by atoms with Crippen molar-refractivity contribution in [2.45, 2.75) is 25.8 Å². The van der Waals surface area contributed by atoms with Gasteiger partial charge in [-0.2, -0.15) is 0 Å². The number of halogens is 2. The normalized spacial score (nSPS) is 18.6. The van der Waals surface area contributed by atoms with E-state index in [1.54, 1.807) is 12.4 Å². The van der Waals surface area contributed by atoms with Gasteiger partial charge in [-0.05, 0) is 42.5 Å². The van der Waals surface area contributed by atoms with Crippen molar-refractivity contribution in [3.63, 3.8) is 0 Å². The van der Waals surface area contributed by atoms with Crippen molar-refractivity contribution in [3.05, 3.63) is 48.3 Å². The fourth-order valence-electron chi connectivity index (χ4n) is 3.58. The fraction of sp³-hybridized carbons (Fsp3) is 0.429. The van der Waals surface area contributed by atoms with E-state index in [1.807, 2.05) is 25.1 Å². The summed E-state index contributed by atoms with van der Waals surface area (Å²) in [6, 6.07) is 10.3. The zero-order valence-electron chi connectivity index (χ0n) is 16.7. The summed E-state index contributed by atoms with van der Waals surface area (Å²) in [5.74, 6) is 0.652. The number of anilines is 1. The van der Waals surface area contributed by atoms with Crippen molar-refractivity contribution in [1.29, 1.82) is 0 Å². The van der Waals surface area contributed by atoms with Gasteiger partial charge in [0.05, 0.1) is 5.56 Å². The Morgan fingerprint density at radius 2 is 1.86 bits per heavy atom. The summed E-state index contributed by atoms with van der Waals surface area (Å²) < 4.78 is 0. The third-order valence-corrected chi connectivity index (χ3v) is 5.21. The van der Waals surface area contributed by atoms with Crippen molar-refractivity contribution in [3.8, 4) is 11.1 Å². The Morgan fingerprint density at radius 1 is 1.18 bits per heavy atom. The highest BCUT2D eigenvalue weighted by Crippen LogP contribution is 2.26. The quantitative estimate of drug-likeness (QED) is 0.808. The Kier molecular flexibility index (Phi) is 9.21. The molecule has 1 fully saturated rings. The van der Waals surface area contributed by atoms with Crippen molar-refractivity contribution < 1.29 is 4.79 Å². The number of aromatic nitrogens is 1. The van der Waals surface area contributed by atoms with Crippen LogP contribution in [0.4, 0.5) is 5.69 Å². The number of amides is 1. The topological polar surface area (TPSA) is 62.5 Å². The molecule has 1 saturated heterocycles. The number of benzene rings is 1. The second kappa shape index (κ2) is 10.6. The number of piperidine rings is 1. The third-order valence-electron chi connectivity index (χ3n) is 5.21. The summed E-state index contributed by atoms with van der Waals surface area (Å²) in [6.45, 7) is 3.50. The second-order valence-corrected chi connectivity index (χ2v) is 7.42. The first-order valence-corrected chi connectivity index (χ1v) is 9.23. The molecule has 2 heterocycles. The van der Waals surface area contributed by atoms with Crippen LogP contribution in [0.2, 0.25) is 0 Å². The largest absolute Gasteiger partial charge is 0.378 e. The Labute approximate surface area is 180 Å². The minimum absolute atomic E-state index is 0. The maximum atomic E-state index is 13.0. The number of hydrogen-bond acceptors (Lipinski definition) is 4. The van der Waals surface area contributed by atoms with E-state index in [1.165, 1.54) is 0 Å². The summed E-state index contributed by atoms with van der Waals surface area (Å²) in [5, 5.41) is 0. The number of pyridine rings is 1. The highest BCUT2D eigenvalue weighted by atomic mass is 35.5. The number of rotatable bonds is 4. The summed E-state index contributed by atoms with van der Waals surface area (Å²) in [5.41, 5.74) is 9.70. The maximum Gasteiger partial charge on any atom is 0.255 e. The molecule has 2 aromatic rings. The molecule has 28 heavy (non-hydrogen) atoms. The van der Waals surface area contributed by atoms with Crippen LogP contribution in [0.5, 0.6) is 0 Å². The molecule has 154 valence electrons. The number of nitrogens with two attached hydrogens (primary N) is 1. The average molecular weight is 425 g/mol. The molecule has 0 spiro atoms. The first-order valence-electron chi connectivity index (χ1n) is 9.23. The fourth-order valence-corrected chi connectivity index (χ4v) is 3.58. The number of carbonyl (C=O) groups excluding carboxylic acids is 1. The van der Waals surface area contributed by atoms with Gasteiger partial charge in [0.25, 0.3) is 5.91 Å². The molecule has 0 aliphatic carbocycles. The lowest BCUT2D eigenvalue weighted by Crippen LogP contribution is -2.49. The summed E-state index contributed by atoms with van der Waals surface area (Å²) in [6.07, 6.45) is 5.47. The van der Waals surface area contributed by atoms with Crippen molar-refractivity contribution in [2.75, 3.05) is 32.1 Å². The zero-order chi connectivity index (χ0) is 18.7. The molecule has 1 aliphatic heterocycles. The van der Waals surface area contributed by atoms with Crippen LogP contribution in [0.3, 0.4) is 0 Å². The number of carbonyl (C=O) groups is 1. The van der Waals surface area contributed by atoms with Gasteiger partial charge >= 0.3 is 0 Å². The Bertz CT molecular complexity index is 767. The third kappa shape index (κ3) is 5.37. The highest BCUT2D eigenvalue weighted by Gasteiger charge is 2.29. The zero-order valence-corrected chi connectivity index (χ0v) is 18.3. The van der Waals surface area contributed by atoms with E-state index in [-0.39, 0.29) is 36.8 Å². The van der Waals surface area contributed by atoms with Crippen LogP contribution in [0, 0.1) is 5.92 Å². The Balaban J connectivity index is 0.00000196. The summed E-state index contributed by atoms with van der Waals surface area (Å²) in [7, 11) is 4.03. The van der Waals surface area contributed by atoms with E-state index in [4.69, 9.17) is 5.73 Å². The predicted molar refractivity (Wildman–Crippen MR) is 121 cm³/mol. The summed E-state index contributed by atoms with van der Waals surface area (Å²) >= 11 is 0. The molecule has 2 atom stereocenters. The standard InChI is InChI=1S/C21H28N4O.2ClH/c1-15-8-9-25(20(10-15)12-22)21(26)18-11-17(13-23-14-18)16-4-6-19(7-5-16)24(2)3;;/h4-7,11,13-15,20H,8-10,12,22H2,1-3H3;2*1H. The molecular formula is C21H30Cl2N4O. The van der Waals surface area contributed by atoms with E-state index < -0.39 is 0 Å². The molecule has 1 aromatic heterocycles. The minimum Gasteiger partial charge on any atom is -0.378 e. The number of likely N-dealkylation sites (tertiary alicyclic amines) is 1. The van der Waals surface area contributed by atoms with E-state index >= 15 is 0 Å². The minimum atomic E-state index is 0. The van der Waals surface area contributed by atoms with Crippen LogP contribution in [-0.4, -0.2) is 49.0 Å². The van der Waals surface area contributed by atoms with E-state index in [9.17, 15) is 4.79 Å². The molecule has 1 aromatic carbocycles. The van der Waals surface area contributed by atoms with Crippen molar-refractivity contribution in [2.24, 2.45) is 11.7 Å². The molecule has 7 heteroatoms. The molecule has 0 bridgehead atoms. The van der Waals surface area contributed by atoms with Gasteiger partial charge in [0.1, 0.15) is 0 Å². The van der Waals surface area contributed by atoms with Gasteiger partial charge in [-0.15, -0.1) is 24.8 Å². The molecule has 5 nitrogen and oxygen atoms in total. The lowest BCUT2D eigenvalue weighted by atomic mass is 9.92. The van der Waals surface area contributed by atoms with Crippen LogP contribution in [0.1, 0.15) is 30.1 Å². The first kappa shape index (κ1) is 24.2. The molecule has 1 amide bonds. The van der Waals surface area contributed by atoms with Crippen molar-refractivity contribution >= 4 is 36.4 Å². The van der Waals surface area contributed by atoms with Gasteiger partial charge in [0.15, 0.2) is 0 Å². The van der Waals surface area contributed by atoms with Gasteiger partial charge in [-0.25, -0.2) is 0 Å². The van der Waals surface area contributed by atoms with Gasteiger partial charge < -0.3 is 15.5 Å². The van der Waals surface area contributed by atoms with Crippen LogP contribution in [0.25, 0.3) is 11.1 Å². The average Bonchev–Trinajstić information content (AvgIpc) is 2.67. The van der Waals surface area contributed by atoms with Crippen molar-refractivity contribution in [1.82, 2.24) is 9.88 Å². The van der Waals surface area contributed by atoms with Crippen LogP contribution in [0.15, 0.2) is 42.7 Å². The van der Waals surface area contributed by atoms with Gasteiger partial charge in [0, 0.05) is 56.9 Å². The monoisotopic (exact) mass is 424 g/mol. The Hall–Kier alpha value is -1.82. The molecule has 0 saturated carbocycles. The predicted octanol–water partition coefficient (Wildman–Crippen LogP) is 3.86. The molecular weight excluding hydrogens is 395 g/mol. The lowest BCUT2D eigenvalue weighted by molar-refractivity contribution is 0.0573. The van der Waals surface area contributed by atoms with Crippen LogP contribution >= 0.6 is 24.8 Å². The summed E-state index contributed by atoms with van der Waals surface area (Å²) in [4.78, 5) is 21.3. The molecule has 2 N–H and O–H groups in total. The van der Waals surface area contributed by atoms with E-state index in [0.29, 0.717) is 18.0 Å². The second-order valence-electron chi connectivity index (χ2n) is 7.42. The van der Waals surface area contributed by atoms with Gasteiger partial charge in [0.2, 0.25) is 0 Å². The lowest BCUT2D eigenvalue weighted by Gasteiger charge is -2.38. The molecule has 2 unspecified atom stereocenters. The maximum absolute atomic E-state index is 13.0. The van der Waals surface area contributed by atoms with Crippen LogP contribution in [-0.2, 0) is 0 Å². The first-order chi connectivity index (χ1) is 12.5. The van der Waals surface area contributed by atoms with Crippen LogP contribution < -0.4 is 10.6 Å². The number of nitrogens with zero attached hydrogens (tertiary/aromatic N) is 3. The SMILES string of the molecule is CC1CCN(C(=O)c2cncc(-c3ccc(N(C)C)cc3)c2)C(CN)C1.Cl.Cl. The number of hydrogen-bond donors (Lipinski definition) is 1. The van der Waals surface area contributed by atoms with Gasteiger partial charge in [-0.3, -0.25) is 9.78 Å². The van der Waals surface area contributed by atoms with E-state index in [0.717, 1.165) is 36.2 Å². The molecule has 3 rings (SSSR count). The van der Waals surface area contributed by atoms with Gasteiger partial charge in [-0.1, -0.05) is 19.1 Å².